The Bertz CT molecular complexity index is 546. The van der Waals surface area contributed by atoms with Gasteiger partial charge in [0.15, 0.2) is 0 Å². The van der Waals surface area contributed by atoms with Crippen LogP contribution in [-0.4, -0.2) is 19.0 Å². The van der Waals surface area contributed by atoms with Crippen LogP contribution in [0.5, 0.6) is 0 Å². The summed E-state index contributed by atoms with van der Waals surface area (Å²) in [6.45, 7) is 4.31. The molecule has 2 N–H and O–H groups in total. The molecular weight excluding hydrogens is 315 g/mol. The first-order valence-electron chi connectivity index (χ1n) is 8.42. The maximum Gasteiger partial charge on any atom is 0.220 e. The van der Waals surface area contributed by atoms with Gasteiger partial charge in [-0.15, -0.1) is 12.4 Å². The van der Waals surface area contributed by atoms with Crippen LogP contribution in [0.15, 0.2) is 18.2 Å². The van der Waals surface area contributed by atoms with E-state index in [0.717, 1.165) is 37.1 Å². The Kier molecular flexibility index (Phi) is 6.42. The lowest BCUT2D eigenvalue weighted by Crippen LogP contribution is -2.36. The fraction of sp³-hybridized carbons (Fsp3) is 0.611. The van der Waals surface area contributed by atoms with Crippen LogP contribution in [0.2, 0.25) is 0 Å². The summed E-state index contributed by atoms with van der Waals surface area (Å²) in [6.07, 6.45) is 4.73. The SMILES string of the molecule is CC(CC(=O)NC1CCc2cc(F)ccc21)C1CCCNC1.Cl. The number of amides is 1. The molecule has 1 fully saturated rings. The minimum absolute atomic E-state index is 0. The van der Waals surface area contributed by atoms with E-state index in [9.17, 15) is 9.18 Å². The first-order valence-corrected chi connectivity index (χ1v) is 8.42. The Balaban J connectivity index is 0.00000192. The summed E-state index contributed by atoms with van der Waals surface area (Å²) in [5, 5.41) is 6.56. The summed E-state index contributed by atoms with van der Waals surface area (Å²) >= 11 is 0. The molecule has 1 aromatic carbocycles. The molecule has 3 rings (SSSR count). The fourth-order valence-corrected chi connectivity index (χ4v) is 3.81. The molecule has 2 aliphatic rings. The number of fused-ring (bicyclic) bond motifs is 1. The van der Waals surface area contributed by atoms with Crippen molar-refractivity contribution in [3.8, 4) is 0 Å². The molecule has 5 heteroatoms. The van der Waals surface area contributed by atoms with E-state index in [-0.39, 0.29) is 30.2 Å². The minimum atomic E-state index is -0.191. The van der Waals surface area contributed by atoms with Gasteiger partial charge < -0.3 is 10.6 Å². The van der Waals surface area contributed by atoms with Crippen molar-refractivity contribution in [1.82, 2.24) is 10.6 Å². The largest absolute Gasteiger partial charge is 0.349 e. The lowest BCUT2D eigenvalue weighted by atomic mass is 9.85. The van der Waals surface area contributed by atoms with Gasteiger partial charge in [0.05, 0.1) is 6.04 Å². The van der Waals surface area contributed by atoms with E-state index < -0.39 is 0 Å². The number of nitrogens with one attached hydrogen (secondary N) is 2. The molecule has 0 bridgehead atoms. The van der Waals surface area contributed by atoms with E-state index in [2.05, 4.69) is 17.6 Å². The predicted molar refractivity (Wildman–Crippen MR) is 92.2 cm³/mol. The highest BCUT2D eigenvalue weighted by molar-refractivity contribution is 5.85. The van der Waals surface area contributed by atoms with Gasteiger partial charge >= 0.3 is 0 Å². The molecule has 0 spiro atoms. The topological polar surface area (TPSA) is 41.1 Å². The minimum Gasteiger partial charge on any atom is -0.349 e. The van der Waals surface area contributed by atoms with Crippen molar-refractivity contribution in [1.29, 1.82) is 0 Å². The number of halogens is 2. The second kappa shape index (κ2) is 8.11. The molecule has 3 unspecified atom stereocenters. The highest BCUT2D eigenvalue weighted by Gasteiger charge is 2.26. The van der Waals surface area contributed by atoms with Crippen molar-refractivity contribution in [2.45, 2.75) is 45.1 Å². The summed E-state index contributed by atoms with van der Waals surface area (Å²) in [6, 6.07) is 4.95. The second-order valence-corrected chi connectivity index (χ2v) is 6.79. The van der Waals surface area contributed by atoms with Crippen LogP contribution in [-0.2, 0) is 11.2 Å². The monoisotopic (exact) mass is 340 g/mol. The first-order chi connectivity index (χ1) is 10.6. The average Bonchev–Trinajstić information content (AvgIpc) is 2.90. The van der Waals surface area contributed by atoms with Crippen LogP contribution in [0.25, 0.3) is 0 Å². The third-order valence-electron chi connectivity index (χ3n) is 5.17. The van der Waals surface area contributed by atoms with Gasteiger partial charge in [0.1, 0.15) is 5.82 Å². The summed E-state index contributed by atoms with van der Waals surface area (Å²) in [7, 11) is 0. The number of piperidine rings is 1. The summed E-state index contributed by atoms with van der Waals surface area (Å²) in [4.78, 5) is 12.3. The maximum absolute atomic E-state index is 13.2. The molecule has 1 saturated heterocycles. The fourth-order valence-electron chi connectivity index (χ4n) is 3.81. The number of benzene rings is 1. The highest BCUT2D eigenvalue weighted by Crippen LogP contribution is 2.32. The van der Waals surface area contributed by atoms with Crippen molar-refractivity contribution in [3.05, 3.63) is 35.1 Å². The van der Waals surface area contributed by atoms with Crippen LogP contribution in [0.3, 0.4) is 0 Å². The second-order valence-electron chi connectivity index (χ2n) is 6.79. The molecule has 1 aliphatic heterocycles. The van der Waals surface area contributed by atoms with E-state index in [4.69, 9.17) is 0 Å². The van der Waals surface area contributed by atoms with Crippen molar-refractivity contribution < 1.29 is 9.18 Å². The summed E-state index contributed by atoms with van der Waals surface area (Å²) in [5.41, 5.74) is 2.12. The summed E-state index contributed by atoms with van der Waals surface area (Å²) in [5.74, 6) is 0.941. The van der Waals surface area contributed by atoms with Crippen LogP contribution < -0.4 is 10.6 Å². The first kappa shape index (κ1) is 18.2. The molecule has 1 heterocycles. The molecule has 3 atom stereocenters. The Hall–Kier alpha value is -1.13. The van der Waals surface area contributed by atoms with Gasteiger partial charge in [0.2, 0.25) is 5.91 Å². The van der Waals surface area contributed by atoms with E-state index in [1.807, 2.05) is 6.07 Å². The Labute approximate surface area is 143 Å². The zero-order valence-corrected chi connectivity index (χ0v) is 14.4. The molecule has 128 valence electrons. The molecule has 1 aliphatic carbocycles. The normalized spacial score (nSPS) is 24.4. The number of hydrogen-bond acceptors (Lipinski definition) is 2. The van der Waals surface area contributed by atoms with Gasteiger partial charge in [-0.05, 0) is 73.9 Å². The molecule has 3 nitrogen and oxygen atoms in total. The molecule has 23 heavy (non-hydrogen) atoms. The van der Waals surface area contributed by atoms with E-state index in [1.165, 1.54) is 18.9 Å². The number of carbonyl (C=O) groups is 1. The van der Waals surface area contributed by atoms with E-state index in [1.54, 1.807) is 6.07 Å². The Morgan fingerprint density at radius 1 is 1.43 bits per heavy atom. The zero-order chi connectivity index (χ0) is 15.5. The molecular formula is C18H26ClFN2O. The zero-order valence-electron chi connectivity index (χ0n) is 13.6. The molecule has 1 aromatic rings. The van der Waals surface area contributed by atoms with Crippen molar-refractivity contribution >= 4 is 18.3 Å². The molecule has 0 aromatic heterocycles. The quantitative estimate of drug-likeness (QED) is 0.882. The Morgan fingerprint density at radius 2 is 2.26 bits per heavy atom. The number of rotatable bonds is 4. The van der Waals surface area contributed by atoms with Gasteiger partial charge in [-0.25, -0.2) is 4.39 Å². The molecule has 0 radical (unpaired) electrons. The van der Waals surface area contributed by atoms with Gasteiger partial charge in [0, 0.05) is 6.42 Å². The lowest BCUT2D eigenvalue weighted by molar-refractivity contribution is -0.123. The van der Waals surface area contributed by atoms with Crippen molar-refractivity contribution in [3.63, 3.8) is 0 Å². The van der Waals surface area contributed by atoms with Gasteiger partial charge in [-0.3, -0.25) is 4.79 Å². The molecule has 1 amide bonds. The van der Waals surface area contributed by atoms with Crippen LogP contribution in [0, 0.1) is 17.7 Å². The number of carbonyl (C=O) groups excluding carboxylic acids is 1. The standard InChI is InChI=1S/C18H25FN2O.ClH/c1-12(14-3-2-8-20-11-14)9-18(22)21-17-7-4-13-10-15(19)5-6-16(13)17;/h5-6,10,12,14,17,20H,2-4,7-9,11H2,1H3,(H,21,22);1H. The van der Waals surface area contributed by atoms with Crippen molar-refractivity contribution in [2.24, 2.45) is 11.8 Å². The highest BCUT2D eigenvalue weighted by atomic mass is 35.5. The maximum atomic E-state index is 13.2. The Morgan fingerprint density at radius 3 is 3.00 bits per heavy atom. The van der Waals surface area contributed by atoms with Crippen LogP contribution in [0.1, 0.15) is 49.8 Å². The molecule has 0 saturated carbocycles. The lowest BCUT2D eigenvalue weighted by Gasteiger charge is -2.28. The predicted octanol–water partition coefficient (Wildman–Crippen LogP) is 3.38. The number of hydrogen-bond donors (Lipinski definition) is 2. The van der Waals surface area contributed by atoms with Crippen molar-refractivity contribution in [2.75, 3.05) is 13.1 Å². The smallest absolute Gasteiger partial charge is 0.220 e. The van der Waals surface area contributed by atoms with E-state index in [0.29, 0.717) is 18.3 Å². The summed E-state index contributed by atoms with van der Waals surface area (Å²) < 4.78 is 13.2. The third-order valence-corrected chi connectivity index (χ3v) is 5.17. The van der Waals surface area contributed by atoms with E-state index >= 15 is 0 Å². The number of aryl methyl sites for hydroxylation is 1. The van der Waals surface area contributed by atoms with Gasteiger partial charge in [0.25, 0.3) is 0 Å². The average molecular weight is 341 g/mol. The van der Waals surface area contributed by atoms with Crippen LogP contribution in [0.4, 0.5) is 4.39 Å². The third kappa shape index (κ3) is 4.45. The van der Waals surface area contributed by atoms with Gasteiger partial charge in [-0.2, -0.15) is 0 Å². The van der Waals surface area contributed by atoms with Gasteiger partial charge in [-0.1, -0.05) is 13.0 Å². The van der Waals surface area contributed by atoms with Crippen LogP contribution >= 0.6 is 12.4 Å².